The van der Waals surface area contributed by atoms with Crippen molar-refractivity contribution in [1.82, 2.24) is 9.80 Å². The molecule has 1 amide bonds. The molecule has 0 aliphatic carbocycles. The first-order valence-corrected chi connectivity index (χ1v) is 30.2. The fraction of sp³-hybridized carbons (Fsp3) is 0.933. The quantitative estimate of drug-likeness (QED) is 0.0334. The van der Waals surface area contributed by atoms with Gasteiger partial charge in [-0.1, -0.05) is 169 Å². The van der Waals surface area contributed by atoms with Crippen LogP contribution in [0.5, 0.6) is 0 Å². The van der Waals surface area contributed by atoms with Gasteiger partial charge in [-0.25, -0.2) is 4.79 Å². The SMILES string of the molecule is CCCCCCC(CCCCCC)OC(=O)CCCCCCCCC(CCCCCCCCC(=O)OC(CCCCCC)CCCCCC)OC(=O)N(CCCC(=O)OC(C)CCC)CCCN(C)C. The molecule has 1 unspecified atom stereocenters. The fourth-order valence-electron chi connectivity index (χ4n) is 9.42. The monoisotopic (exact) mass is 993 g/mol. The van der Waals surface area contributed by atoms with Crippen LogP contribution in [0.2, 0.25) is 0 Å². The lowest BCUT2D eigenvalue weighted by Gasteiger charge is -2.26. The fourth-order valence-corrected chi connectivity index (χ4v) is 9.42. The standard InChI is InChI=1S/C60H116N2O8/c1-9-14-18-30-41-54(42-31-19-15-10-2)68-58(64)47-36-28-24-22-26-34-45-56(70-60(66)62(52-39-50-61(7)8)51-38-49-57(63)67-53(6)40-13-5)46-35-27-23-25-29-37-48-59(65)69-55(43-32-20-16-11-3)44-33-21-17-12-4/h53-56H,9-52H2,1-8H3. The van der Waals surface area contributed by atoms with Crippen LogP contribution in [0.25, 0.3) is 0 Å². The molecule has 0 fully saturated rings. The van der Waals surface area contributed by atoms with Crippen LogP contribution < -0.4 is 0 Å². The van der Waals surface area contributed by atoms with E-state index in [1.807, 2.05) is 21.0 Å². The maximum atomic E-state index is 13.8. The van der Waals surface area contributed by atoms with Crippen LogP contribution in [-0.2, 0) is 33.3 Å². The van der Waals surface area contributed by atoms with E-state index in [9.17, 15) is 19.2 Å². The molecule has 10 heteroatoms. The normalized spacial score (nSPS) is 12.1. The maximum absolute atomic E-state index is 13.8. The second-order valence-corrected chi connectivity index (χ2v) is 21.3. The van der Waals surface area contributed by atoms with Gasteiger partial charge in [-0.3, -0.25) is 14.4 Å². The van der Waals surface area contributed by atoms with E-state index in [0.717, 1.165) is 167 Å². The molecule has 414 valence electrons. The van der Waals surface area contributed by atoms with E-state index >= 15 is 0 Å². The van der Waals surface area contributed by atoms with Crippen LogP contribution in [-0.4, -0.2) is 91.9 Å². The Labute approximate surface area is 433 Å². The van der Waals surface area contributed by atoms with E-state index in [2.05, 4.69) is 39.5 Å². The Bertz CT molecular complexity index is 1120. The van der Waals surface area contributed by atoms with Gasteiger partial charge in [0.15, 0.2) is 0 Å². The maximum Gasteiger partial charge on any atom is 0.410 e. The van der Waals surface area contributed by atoms with Gasteiger partial charge >= 0.3 is 24.0 Å². The lowest BCUT2D eigenvalue weighted by molar-refractivity contribution is -0.151. The average molecular weight is 994 g/mol. The van der Waals surface area contributed by atoms with Crippen molar-refractivity contribution in [2.45, 2.75) is 329 Å². The number of nitrogens with zero attached hydrogens (tertiary/aromatic N) is 2. The van der Waals surface area contributed by atoms with Crippen molar-refractivity contribution in [2.24, 2.45) is 0 Å². The van der Waals surface area contributed by atoms with E-state index < -0.39 is 0 Å². The van der Waals surface area contributed by atoms with Gasteiger partial charge in [0.25, 0.3) is 0 Å². The zero-order valence-electron chi connectivity index (χ0n) is 47.6. The highest BCUT2D eigenvalue weighted by Gasteiger charge is 2.22. The molecule has 0 saturated heterocycles. The van der Waals surface area contributed by atoms with Crippen molar-refractivity contribution in [1.29, 1.82) is 0 Å². The first-order valence-electron chi connectivity index (χ1n) is 30.2. The van der Waals surface area contributed by atoms with E-state index in [1.54, 1.807) is 4.90 Å². The smallest absolute Gasteiger partial charge is 0.410 e. The number of rotatable bonds is 52. The highest BCUT2D eigenvalue weighted by molar-refractivity contribution is 5.70. The number of hydrogen-bond acceptors (Lipinski definition) is 9. The lowest BCUT2D eigenvalue weighted by atomic mass is 10.0. The molecule has 0 aliphatic rings. The highest BCUT2D eigenvalue weighted by atomic mass is 16.6. The molecule has 0 saturated carbocycles. The van der Waals surface area contributed by atoms with Crippen LogP contribution in [0, 0.1) is 0 Å². The summed E-state index contributed by atoms with van der Waals surface area (Å²) in [6, 6.07) is 0. The van der Waals surface area contributed by atoms with Gasteiger partial charge in [-0.15, -0.1) is 0 Å². The van der Waals surface area contributed by atoms with Crippen molar-refractivity contribution >= 4 is 24.0 Å². The third-order valence-electron chi connectivity index (χ3n) is 13.8. The molecule has 0 heterocycles. The summed E-state index contributed by atoms with van der Waals surface area (Å²) in [5, 5.41) is 0. The molecule has 0 bridgehead atoms. The molecule has 0 radical (unpaired) electrons. The molecular weight excluding hydrogens is 877 g/mol. The second-order valence-electron chi connectivity index (χ2n) is 21.3. The van der Waals surface area contributed by atoms with Gasteiger partial charge in [0.1, 0.15) is 18.3 Å². The zero-order chi connectivity index (χ0) is 51.7. The Morgan fingerprint density at radius 1 is 0.329 bits per heavy atom. The van der Waals surface area contributed by atoms with E-state index in [0.29, 0.717) is 32.4 Å². The molecule has 0 rings (SSSR count). The van der Waals surface area contributed by atoms with Crippen molar-refractivity contribution in [3.8, 4) is 0 Å². The van der Waals surface area contributed by atoms with Crippen LogP contribution in [0.15, 0.2) is 0 Å². The largest absolute Gasteiger partial charge is 0.463 e. The predicted octanol–water partition coefficient (Wildman–Crippen LogP) is 17.2. The van der Waals surface area contributed by atoms with Crippen molar-refractivity contribution in [3.63, 3.8) is 0 Å². The Hall–Kier alpha value is -2.36. The van der Waals surface area contributed by atoms with Gasteiger partial charge in [0.2, 0.25) is 0 Å². The Balaban J connectivity index is 5.18. The predicted molar refractivity (Wildman–Crippen MR) is 293 cm³/mol. The minimum absolute atomic E-state index is 0.0251. The number of amides is 1. The Morgan fingerprint density at radius 3 is 1.01 bits per heavy atom. The number of ether oxygens (including phenoxy) is 4. The minimum Gasteiger partial charge on any atom is -0.463 e. The van der Waals surface area contributed by atoms with E-state index in [-0.39, 0.29) is 54.8 Å². The van der Waals surface area contributed by atoms with Crippen molar-refractivity contribution < 1.29 is 38.1 Å². The number of carbonyl (C=O) groups is 4. The van der Waals surface area contributed by atoms with Crippen LogP contribution in [0.1, 0.15) is 305 Å². The molecule has 0 aromatic carbocycles. The van der Waals surface area contributed by atoms with Crippen molar-refractivity contribution in [2.75, 3.05) is 33.7 Å². The first-order chi connectivity index (χ1) is 34.0. The summed E-state index contributed by atoms with van der Waals surface area (Å²) >= 11 is 0. The topological polar surface area (TPSA) is 112 Å². The summed E-state index contributed by atoms with van der Waals surface area (Å²) in [6.45, 7) is 14.9. The summed E-state index contributed by atoms with van der Waals surface area (Å²) in [4.78, 5) is 56.0. The molecule has 70 heavy (non-hydrogen) atoms. The molecule has 0 N–H and O–H groups in total. The minimum atomic E-state index is -0.274. The molecule has 0 aromatic heterocycles. The summed E-state index contributed by atoms with van der Waals surface area (Å²) < 4.78 is 23.9. The van der Waals surface area contributed by atoms with Gasteiger partial charge < -0.3 is 28.7 Å². The van der Waals surface area contributed by atoms with Gasteiger partial charge in [-0.05, 0) is 137 Å². The van der Waals surface area contributed by atoms with Gasteiger partial charge in [-0.2, -0.15) is 0 Å². The molecule has 0 aliphatic heterocycles. The zero-order valence-corrected chi connectivity index (χ0v) is 47.6. The summed E-state index contributed by atoms with van der Waals surface area (Å²) in [6.07, 6.45) is 41.4. The highest BCUT2D eigenvalue weighted by Crippen LogP contribution is 2.22. The molecular formula is C60H116N2O8. The first kappa shape index (κ1) is 67.6. The molecule has 10 nitrogen and oxygen atoms in total. The lowest BCUT2D eigenvalue weighted by Crippen LogP contribution is -2.37. The summed E-state index contributed by atoms with van der Waals surface area (Å²) in [7, 11) is 4.08. The Kier molecular flexibility index (Phi) is 48.5. The van der Waals surface area contributed by atoms with E-state index in [4.69, 9.17) is 18.9 Å². The molecule has 0 spiro atoms. The number of hydrogen-bond donors (Lipinski definition) is 0. The average Bonchev–Trinajstić information content (AvgIpc) is 3.32. The Morgan fingerprint density at radius 2 is 0.643 bits per heavy atom. The molecule has 1 atom stereocenters. The van der Waals surface area contributed by atoms with Gasteiger partial charge in [0.05, 0.1) is 6.10 Å². The number of carbonyl (C=O) groups excluding carboxylic acids is 4. The third kappa shape index (κ3) is 44.3. The summed E-state index contributed by atoms with van der Waals surface area (Å²) in [5.41, 5.74) is 0. The molecule has 0 aromatic rings. The number of esters is 3. The van der Waals surface area contributed by atoms with Crippen LogP contribution in [0.3, 0.4) is 0 Å². The third-order valence-corrected chi connectivity index (χ3v) is 13.8. The summed E-state index contributed by atoms with van der Waals surface area (Å²) in [5.74, 6) is -0.254. The number of unbranched alkanes of at least 4 members (excludes halogenated alkanes) is 22. The van der Waals surface area contributed by atoms with Crippen LogP contribution >= 0.6 is 0 Å². The van der Waals surface area contributed by atoms with Gasteiger partial charge in [0, 0.05) is 32.4 Å². The van der Waals surface area contributed by atoms with Crippen molar-refractivity contribution in [3.05, 3.63) is 0 Å². The second kappa shape index (κ2) is 50.2. The van der Waals surface area contributed by atoms with E-state index in [1.165, 1.54) is 77.0 Å². The van der Waals surface area contributed by atoms with Crippen LogP contribution in [0.4, 0.5) is 4.79 Å².